The van der Waals surface area contributed by atoms with Gasteiger partial charge in [-0.1, -0.05) is 18.2 Å². The van der Waals surface area contributed by atoms with Crippen LogP contribution in [0.25, 0.3) is 0 Å². The largest absolute Gasteiger partial charge is 0.302 e. The summed E-state index contributed by atoms with van der Waals surface area (Å²) in [5, 5.41) is 5.20. The third-order valence-electron chi connectivity index (χ3n) is 4.69. The van der Waals surface area contributed by atoms with Crippen molar-refractivity contribution in [2.45, 2.75) is 32.5 Å². The Hall–Kier alpha value is -1.05. The van der Waals surface area contributed by atoms with Crippen LogP contribution in [-0.4, -0.2) is 49.0 Å². The van der Waals surface area contributed by atoms with Gasteiger partial charge in [-0.15, -0.1) is 0 Å². The fraction of sp³-hybridized carbons (Fsp3) is 0.625. The van der Waals surface area contributed by atoms with Gasteiger partial charge in [0, 0.05) is 26.7 Å². The smallest absolute Gasteiger partial charge is 0.125 e. The number of alkyl halides is 1. The highest BCUT2D eigenvalue weighted by Gasteiger charge is 2.32. The number of likely N-dealkylation sites (tertiary alicyclic amines) is 1. The third-order valence-corrected chi connectivity index (χ3v) is 4.69. The lowest BCUT2D eigenvalue weighted by Crippen LogP contribution is -2.54. The molecular formula is C16H26FN5. The van der Waals surface area contributed by atoms with Crippen molar-refractivity contribution in [2.75, 3.05) is 26.7 Å². The summed E-state index contributed by atoms with van der Waals surface area (Å²) < 4.78 is 12.6. The van der Waals surface area contributed by atoms with Gasteiger partial charge in [0.1, 0.15) is 13.0 Å². The number of benzene rings is 1. The highest BCUT2D eigenvalue weighted by molar-refractivity contribution is 5.31. The molecule has 1 aromatic rings. The number of aryl methyl sites for hydroxylation is 1. The Balaban J connectivity index is 1.44. The van der Waals surface area contributed by atoms with E-state index in [2.05, 4.69) is 28.6 Å². The van der Waals surface area contributed by atoms with E-state index < -0.39 is 0 Å². The maximum Gasteiger partial charge on any atom is 0.125 e. The zero-order valence-corrected chi connectivity index (χ0v) is 13.3. The Bertz CT molecular complexity index is 507. The molecule has 0 spiro atoms. The highest BCUT2D eigenvalue weighted by atomic mass is 19.1. The molecule has 0 amide bonds. The second kappa shape index (κ2) is 6.60. The lowest BCUT2D eigenvalue weighted by atomic mass is 9.89. The lowest BCUT2D eigenvalue weighted by Gasteiger charge is -2.41. The van der Waals surface area contributed by atoms with E-state index in [4.69, 9.17) is 5.73 Å². The minimum Gasteiger partial charge on any atom is -0.302 e. The number of nitrogens with zero attached hydrogens (tertiary/aromatic N) is 2. The molecule has 2 atom stereocenters. The van der Waals surface area contributed by atoms with Crippen LogP contribution in [0, 0.1) is 12.8 Å². The van der Waals surface area contributed by atoms with Gasteiger partial charge < -0.3 is 5.73 Å². The van der Waals surface area contributed by atoms with E-state index in [1.807, 2.05) is 24.2 Å². The molecule has 2 aliphatic heterocycles. The quantitative estimate of drug-likeness (QED) is 0.742. The Morgan fingerprint density at radius 2 is 2.14 bits per heavy atom. The maximum atomic E-state index is 12.6. The van der Waals surface area contributed by atoms with Crippen LogP contribution in [0.5, 0.6) is 0 Å². The molecule has 2 unspecified atom stereocenters. The van der Waals surface area contributed by atoms with Crippen LogP contribution in [-0.2, 0) is 13.1 Å². The van der Waals surface area contributed by atoms with Crippen LogP contribution in [0.3, 0.4) is 0 Å². The van der Waals surface area contributed by atoms with Crippen LogP contribution >= 0.6 is 0 Å². The average molecular weight is 307 g/mol. The predicted molar refractivity (Wildman–Crippen MR) is 85.4 cm³/mol. The Morgan fingerprint density at radius 3 is 2.73 bits per heavy atom. The van der Waals surface area contributed by atoms with Crippen molar-refractivity contribution in [3.05, 3.63) is 34.9 Å². The summed E-state index contributed by atoms with van der Waals surface area (Å²) in [5.41, 5.74) is 12.5. The Morgan fingerprint density at radius 1 is 1.36 bits per heavy atom. The van der Waals surface area contributed by atoms with Crippen LogP contribution in [0.15, 0.2) is 18.2 Å². The molecule has 5 nitrogen and oxygen atoms in total. The number of rotatable bonds is 5. The molecule has 122 valence electrons. The molecule has 3 rings (SSSR count). The van der Waals surface area contributed by atoms with Gasteiger partial charge in [0.25, 0.3) is 0 Å². The summed E-state index contributed by atoms with van der Waals surface area (Å²) in [5.74, 6) is 0.697. The first-order valence-electron chi connectivity index (χ1n) is 7.92. The van der Waals surface area contributed by atoms with E-state index in [1.54, 1.807) is 0 Å². The van der Waals surface area contributed by atoms with Gasteiger partial charge in [0.15, 0.2) is 0 Å². The van der Waals surface area contributed by atoms with Crippen molar-refractivity contribution >= 4 is 0 Å². The summed E-state index contributed by atoms with van der Waals surface area (Å²) in [6.07, 6.45) is 1.20. The molecule has 1 aromatic carbocycles. The van der Waals surface area contributed by atoms with E-state index in [-0.39, 0.29) is 19.1 Å². The molecule has 2 fully saturated rings. The first-order chi connectivity index (χ1) is 10.5. The van der Waals surface area contributed by atoms with Crippen molar-refractivity contribution < 1.29 is 4.39 Å². The number of hydrogen-bond donors (Lipinski definition) is 3. The SMILES string of the molecule is Cc1cc(CF)ccc1CC1CN(CC2NC(N)N(C)N2)C1. The molecule has 22 heavy (non-hydrogen) atoms. The number of nitrogens with two attached hydrogens (primary N) is 1. The number of nitrogens with one attached hydrogen (secondary N) is 2. The second-order valence-electron chi connectivity index (χ2n) is 6.59. The average Bonchev–Trinajstić information content (AvgIpc) is 2.76. The summed E-state index contributed by atoms with van der Waals surface area (Å²) in [6.45, 7) is 4.89. The lowest BCUT2D eigenvalue weighted by molar-refractivity contribution is 0.0835. The molecule has 4 N–H and O–H groups in total. The van der Waals surface area contributed by atoms with Crippen molar-refractivity contribution in [1.29, 1.82) is 0 Å². The summed E-state index contributed by atoms with van der Waals surface area (Å²) in [6, 6.07) is 5.96. The van der Waals surface area contributed by atoms with Gasteiger partial charge in [-0.25, -0.2) is 14.8 Å². The molecule has 0 bridgehead atoms. The van der Waals surface area contributed by atoms with Crippen molar-refractivity contribution in [1.82, 2.24) is 20.7 Å². The topological polar surface area (TPSA) is 56.6 Å². The Labute approximate surface area is 131 Å². The zero-order chi connectivity index (χ0) is 15.7. The standard InChI is InChI=1S/C16H26FN5/c1-11-5-12(7-17)3-4-14(11)6-13-8-22(9-13)10-15-19-16(18)21(2)20-15/h3-5,13,15-16,19-20H,6-10,18H2,1-2H3. The maximum absolute atomic E-state index is 12.6. The van der Waals surface area contributed by atoms with Crippen LogP contribution < -0.4 is 16.5 Å². The van der Waals surface area contributed by atoms with E-state index in [1.165, 1.54) is 11.1 Å². The normalized spacial score (nSPS) is 27.3. The molecule has 2 aliphatic rings. The van der Waals surface area contributed by atoms with Crippen LogP contribution in [0.4, 0.5) is 4.39 Å². The van der Waals surface area contributed by atoms with Gasteiger partial charge in [0.05, 0.1) is 6.17 Å². The zero-order valence-electron chi connectivity index (χ0n) is 13.3. The Kier molecular flexibility index (Phi) is 4.75. The molecule has 0 radical (unpaired) electrons. The molecule has 0 saturated carbocycles. The van der Waals surface area contributed by atoms with E-state index >= 15 is 0 Å². The van der Waals surface area contributed by atoms with Gasteiger partial charge in [-0.05, 0) is 36.0 Å². The van der Waals surface area contributed by atoms with Crippen molar-refractivity contribution in [3.63, 3.8) is 0 Å². The number of halogens is 1. The third kappa shape index (κ3) is 3.47. The predicted octanol–water partition coefficient (Wildman–Crippen LogP) is 0.547. The van der Waals surface area contributed by atoms with Gasteiger partial charge in [-0.3, -0.25) is 10.2 Å². The minimum atomic E-state index is -0.379. The molecule has 2 heterocycles. The molecule has 2 saturated heterocycles. The molecule has 0 aliphatic carbocycles. The molecule has 0 aromatic heterocycles. The van der Waals surface area contributed by atoms with E-state index in [0.29, 0.717) is 5.92 Å². The molecule has 6 heteroatoms. The van der Waals surface area contributed by atoms with Gasteiger partial charge >= 0.3 is 0 Å². The highest BCUT2D eigenvalue weighted by Crippen LogP contribution is 2.23. The fourth-order valence-corrected chi connectivity index (χ4v) is 3.37. The second-order valence-corrected chi connectivity index (χ2v) is 6.59. The van der Waals surface area contributed by atoms with Crippen LogP contribution in [0.1, 0.15) is 16.7 Å². The van der Waals surface area contributed by atoms with E-state index in [0.717, 1.165) is 31.6 Å². The van der Waals surface area contributed by atoms with Crippen molar-refractivity contribution in [3.8, 4) is 0 Å². The first kappa shape index (κ1) is 15.8. The molecular weight excluding hydrogens is 281 g/mol. The van der Waals surface area contributed by atoms with Gasteiger partial charge in [-0.2, -0.15) is 0 Å². The summed E-state index contributed by atoms with van der Waals surface area (Å²) in [4.78, 5) is 2.44. The first-order valence-corrected chi connectivity index (χ1v) is 7.92. The minimum absolute atomic E-state index is 0.112. The van der Waals surface area contributed by atoms with Gasteiger partial charge in [0.2, 0.25) is 0 Å². The van der Waals surface area contributed by atoms with E-state index in [9.17, 15) is 4.39 Å². The fourth-order valence-electron chi connectivity index (χ4n) is 3.37. The van der Waals surface area contributed by atoms with Crippen molar-refractivity contribution in [2.24, 2.45) is 11.7 Å². The number of hydrazine groups is 1. The number of hydrogen-bond acceptors (Lipinski definition) is 5. The van der Waals surface area contributed by atoms with Crippen LogP contribution in [0.2, 0.25) is 0 Å². The summed E-state index contributed by atoms with van der Waals surface area (Å²) >= 11 is 0. The monoisotopic (exact) mass is 307 g/mol. The summed E-state index contributed by atoms with van der Waals surface area (Å²) in [7, 11) is 1.94.